The molecule has 0 radical (unpaired) electrons. The molecule has 7 heteroatoms. The van der Waals surface area contributed by atoms with Gasteiger partial charge in [-0.15, -0.1) is 11.3 Å². The van der Waals surface area contributed by atoms with Crippen LogP contribution in [0.15, 0.2) is 12.1 Å². The van der Waals surface area contributed by atoms with Crippen LogP contribution in [0.2, 0.25) is 10.0 Å². The predicted molar refractivity (Wildman–Crippen MR) is 87.6 cm³/mol. The van der Waals surface area contributed by atoms with Gasteiger partial charge in [0.05, 0.1) is 21.4 Å². The lowest BCUT2D eigenvalue weighted by atomic mass is 10.0. The molecule has 4 nitrogen and oxygen atoms in total. The lowest BCUT2D eigenvalue weighted by molar-refractivity contribution is 0.102. The number of halogens is 2. The van der Waals surface area contributed by atoms with Crippen molar-refractivity contribution in [3.63, 3.8) is 0 Å². The molecule has 0 atom stereocenters. The number of benzene rings is 1. The number of aromatic nitrogens is 1. The molecule has 0 fully saturated rings. The summed E-state index contributed by atoms with van der Waals surface area (Å²) in [5, 5.41) is 3.95. The SMILES string of the molecule is Nc1cc(C(=O)Nc2nc3c(s2)CCCC3)cc(Cl)c1Cl. The Labute approximate surface area is 136 Å². The van der Waals surface area contributed by atoms with Gasteiger partial charge in [-0.25, -0.2) is 4.98 Å². The standard InChI is InChI=1S/C14H13Cl2N3OS/c15-8-5-7(6-9(17)12(8)16)13(20)19-14-18-10-3-1-2-4-11(10)21-14/h5-6H,1-4,17H2,(H,18,19,20). The van der Waals surface area contributed by atoms with E-state index in [1.807, 2.05) is 0 Å². The number of fused-ring (bicyclic) bond motifs is 1. The fourth-order valence-corrected chi connectivity index (χ4v) is 3.70. The van der Waals surface area contributed by atoms with E-state index in [0.29, 0.717) is 10.7 Å². The normalized spacial score (nSPS) is 13.8. The zero-order valence-corrected chi connectivity index (χ0v) is 13.4. The van der Waals surface area contributed by atoms with Gasteiger partial charge < -0.3 is 5.73 Å². The Balaban J connectivity index is 1.81. The molecule has 0 spiro atoms. The van der Waals surface area contributed by atoms with Gasteiger partial charge in [0.25, 0.3) is 5.91 Å². The molecule has 3 N–H and O–H groups in total. The van der Waals surface area contributed by atoms with Crippen LogP contribution >= 0.6 is 34.5 Å². The van der Waals surface area contributed by atoms with Crippen molar-refractivity contribution >= 4 is 51.3 Å². The van der Waals surface area contributed by atoms with E-state index in [1.165, 1.54) is 34.8 Å². The van der Waals surface area contributed by atoms with E-state index in [2.05, 4.69) is 10.3 Å². The smallest absolute Gasteiger partial charge is 0.257 e. The third-order valence-electron chi connectivity index (χ3n) is 3.38. The van der Waals surface area contributed by atoms with E-state index in [9.17, 15) is 4.79 Å². The van der Waals surface area contributed by atoms with Gasteiger partial charge in [-0.1, -0.05) is 23.2 Å². The Kier molecular flexibility index (Phi) is 4.06. The number of hydrogen-bond donors (Lipinski definition) is 2. The molecule has 110 valence electrons. The molecule has 0 saturated carbocycles. The maximum Gasteiger partial charge on any atom is 0.257 e. The number of nitrogens with zero attached hydrogens (tertiary/aromatic N) is 1. The Bertz CT molecular complexity index is 668. The van der Waals surface area contributed by atoms with Crippen molar-refractivity contribution in [1.29, 1.82) is 0 Å². The van der Waals surface area contributed by atoms with E-state index in [1.54, 1.807) is 0 Å². The van der Waals surface area contributed by atoms with Gasteiger partial charge in [0.15, 0.2) is 5.13 Å². The number of anilines is 2. The second kappa shape index (κ2) is 5.83. The predicted octanol–water partition coefficient (Wildman–Crippen LogP) is 4.16. The van der Waals surface area contributed by atoms with E-state index >= 15 is 0 Å². The number of nitrogens with two attached hydrogens (primary N) is 1. The Hall–Kier alpha value is -1.30. The van der Waals surface area contributed by atoms with Crippen LogP contribution in [0.3, 0.4) is 0 Å². The number of rotatable bonds is 2. The maximum absolute atomic E-state index is 12.2. The molecular weight excluding hydrogens is 329 g/mol. The third kappa shape index (κ3) is 3.00. The molecule has 21 heavy (non-hydrogen) atoms. The van der Waals surface area contributed by atoms with Crippen LogP contribution in [0.5, 0.6) is 0 Å². The Morgan fingerprint density at radius 1 is 1.29 bits per heavy atom. The van der Waals surface area contributed by atoms with Crippen LogP contribution in [0.4, 0.5) is 10.8 Å². The van der Waals surface area contributed by atoms with Crippen LogP contribution in [0.25, 0.3) is 0 Å². The van der Waals surface area contributed by atoms with Crippen LogP contribution in [-0.4, -0.2) is 10.9 Å². The van der Waals surface area contributed by atoms with Gasteiger partial charge in [0, 0.05) is 10.4 Å². The number of nitrogens with one attached hydrogen (secondary N) is 1. The molecule has 0 unspecified atom stereocenters. The van der Waals surface area contributed by atoms with Crippen molar-refractivity contribution in [2.75, 3.05) is 11.1 Å². The first-order valence-electron chi connectivity index (χ1n) is 6.59. The second-order valence-corrected chi connectivity index (χ2v) is 6.78. The van der Waals surface area contributed by atoms with Gasteiger partial charge in [0.1, 0.15) is 0 Å². The number of hydrogen-bond acceptors (Lipinski definition) is 4. The Morgan fingerprint density at radius 2 is 2.05 bits per heavy atom. The van der Waals surface area contributed by atoms with Gasteiger partial charge in [-0.05, 0) is 37.8 Å². The first kappa shape index (κ1) is 14.6. The summed E-state index contributed by atoms with van der Waals surface area (Å²) in [7, 11) is 0. The number of aryl methyl sites for hydroxylation is 2. The molecule has 1 aromatic heterocycles. The number of carbonyl (C=O) groups excluding carboxylic acids is 1. The van der Waals surface area contributed by atoms with Crippen LogP contribution in [-0.2, 0) is 12.8 Å². The van der Waals surface area contributed by atoms with Crippen LogP contribution in [0.1, 0.15) is 33.8 Å². The minimum Gasteiger partial charge on any atom is -0.397 e. The summed E-state index contributed by atoms with van der Waals surface area (Å²) in [5.41, 5.74) is 7.48. The summed E-state index contributed by atoms with van der Waals surface area (Å²) in [6.45, 7) is 0. The van der Waals surface area contributed by atoms with Crippen molar-refractivity contribution in [3.05, 3.63) is 38.3 Å². The number of thiazole rings is 1. The molecule has 1 aliphatic rings. The van der Waals surface area contributed by atoms with Gasteiger partial charge in [-0.3, -0.25) is 10.1 Å². The lowest BCUT2D eigenvalue weighted by Gasteiger charge is -2.06. The summed E-state index contributed by atoms with van der Waals surface area (Å²) >= 11 is 13.4. The van der Waals surface area contributed by atoms with Crippen molar-refractivity contribution < 1.29 is 4.79 Å². The third-order valence-corrected chi connectivity index (χ3v) is 5.27. The van der Waals surface area contributed by atoms with E-state index < -0.39 is 0 Å². The zero-order chi connectivity index (χ0) is 15.0. The fourth-order valence-electron chi connectivity index (χ4n) is 2.32. The van der Waals surface area contributed by atoms with Gasteiger partial charge >= 0.3 is 0 Å². The van der Waals surface area contributed by atoms with Crippen molar-refractivity contribution in [2.45, 2.75) is 25.7 Å². The average Bonchev–Trinajstić information content (AvgIpc) is 2.86. The molecule has 0 saturated heterocycles. The van der Waals surface area contributed by atoms with Gasteiger partial charge in [0.2, 0.25) is 0 Å². The molecule has 0 aliphatic heterocycles. The highest BCUT2D eigenvalue weighted by molar-refractivity contribution is 7.15. The number of carbonyl (C=O) groups is 1. The molecule has 2 aromatic rings. The molecular formula is C14H13Cl2N3OS. The molecule has 1 heterocycles. The van der Waals surface area contributed by atoms with Gasteiger partial charge in [-0.2, -0.15) is 0 Å². The summed E-state index contributed by atoms with van der Waals surface area (Å²) < 4.78 is 0. The summed E-state index contributed by atoms with van der Waals surface area (Å²) in [6.07, 6.45) is 4.38. The second-order valence-electron chi connectivity index (χ2n) is 4.91. The quantitative estimate of drug-likeness (QED) is 0.805. The van der Waals surface area contributed by atoms with Crippen molar-refractivity contribution in [1.82, 2.24) is 4.98 Å². The summed E-state index contributed by atoms with van der Waals surface area (Å²) in [4.78, 5) is 18.0. The number of amides is 1. The minimum absolute atomic E-state index is 0.262. The molecule has 1 aliphatic carbocycles. The summed E-state index contributed by atoms with van der Waals surface area (Å²) in [6, 6.07) is 3.01. The van der Waals surface area contributed by atoms with E-state index in [4.69, 9.17) is 28.9 Å². The van der Waals surface area contributed by atoms with E-state index in [0.717, 1.165) is 25.0 Å². The van der Waals surface area contributed by atoms with Crippen molar-refractivity contribution in [3.8, 4) is 0 Å². The molecule has 0 bridgehead atoms. The first-order chi connectivity index (χ1) is 10.0. The maximum atomic E-state index is 12.2. The number of nitrogen functional groups attached to an aromatic ring is 1. The van der Waals surface area contributed by atoms with E-state index in [-0.39, 0.29) is 21.6 Å². The van der Waals surface area contributed by atoms with Crippen LogP contribution in [0, 0.1) is 0 Å². The van der Waals surface area contributed by atoms with Crippen LogP contribution < -0.4 is 11.1 Å². The topological polar surface area (TPSA) is 68.0 Å². The summed E-state index contributed by atoms with van der Waals surface area (Å²) in [5.74, 6) is -0.286. The molecule has 1 aromatic carbocycles. The minimum atomic E-state index is -0.286. The zero-order valence-electron chi connectivity index (χ0n) is 11.1. The highest BCUT2D eigenvalue weighted by Gasteiger charge is 2.17. The first-order valence-corrected chi connectivity index (χ1v) is 8.16. The molecule has 3 rings (SSSR count). The largest absolute Gasteiger partial charge is 0.397 e. The van der Waals surface area contributed by atoms with Crippen molar-refractivity contribution in [2.24, 2.45) is 0 Å². The average molecular weight is 342 g/mol. The fraction of sp³-hybridized carbons (Fsp3) is 0.286. The highest BCUT2D eigenvalue weighted by atomic mass is 35.5. The molecule has 1 amide bonds. The lowest BCUT2D eigenvalue weighted by Crippen LogP contribution is -2.12. The highest BCUT2D eigenvalue weighted by Crippen LogP contribution is 2.31. The monoisotopic (exact) mass is 341 g/mol. The Morgan fingerprint density at radius 3 is 2.76 bits per heavy atom.